The number of likely N-dealkylation sites (tertiary alicyclic amines) is 1. The molecule has 22 heavy (non-hydrogen) atoms. The molecular weight excluding hydrogens is 299 g/mol. The fraction of sp³-hybridized carbons (Fsp3) is 0.533. The van der Waals surface area contributed by atoms with Gasteiger partial charge in [0.1, 0.15) is 5.75 Å². The van der Waals surface area contributed by atoms with Gasteiger partial charge in [-0.3, -0.25) is 4.79 Å². The van der Waals surface area contributed by atoms with Gasteiger partial charge in [-0.15, -0.1) is 0 Å². The summed E-state index contributed by atoms with van der Waals surface area (Å²) in [5.74, 6) is -0.834. The molecule has 7 heteroatoms. The number of benzene rings is 1. The van der Waals surface area contributed by atoms with Crippen LogP contribution in [0.4, 0.5) is 13.2 Å². The van der Waals surface area contributed by atoms with Crippen molar-refractivity contribution in [3.63, 3.8) is 0 Å². The van der Waals surface area contributed by atoms with Crippen molar-refractivity contribution in [3.8, 4) is 5.75 Å². The van der Waals surface area contributed by atoms with Crippen LogP contribution in [0.2, 0.25) is 0 Å². The third-order valence-electron chi connectivity index (χ3n) is 4.04. The van der Waals surface area contributed by atoms with Gasteiger partial charge >= 0.3 is 6.18 Å². The van der Waals surface area contributed by atoms with E-state index < -0.39 is 18.2 Å². The highest BCUT2D eigenvalue weighted by atomic mass is 19.4. The molecule has 1 saturated heterocycles. The summed E-state index contributed by atoms with van der Waals surface area (Å²) in [4.78, 5) is 13.4. The van der Waals surface area contributed by atoms with Gasteiger partial charge in [0.15, 0.2) is 6.10 Å². The van der Waals surface area contributed by atoms with E-state index in [0.717, 1.165) is 5.56 Å². The van der Waals surface area contributed by atoms with Crippen LogP contribution in [-0.4, -0.2) is 41.8 Å². The molecule has 0 saturated carbocycles. The van der Waals surface area contributed by atoms with E-state index in [0.29, 0.717) is 5.75 Å². The minimum Gasteiger partial charge on any atom is -0.497 e. The highest BCUT2D eigenvalue weighted by Gasteiger charge is 2.48. The van der Waals surface area contributed by atoms with Crippen LogP contribution in [0.1, 0.15) is 24.9 Å². The van der Waals surface area contributed by atoms with Crippen LogP contribution in [0.3, 0.4) is 0 Å². The fourth-order valence-corrected chi connectivity index (χ4v) is 2.68. The van der Waals surface area contributed by atoms with Crippen LogP contribution in [0, 0.1) is 5.92 Å². The molecule has 1 aromatic rings. The van der Waals surface area contributed by atoms with Crippen molar-refractivity contribution in [1.82, 2.24) is 4.90 Å². The summed E-state index contributed by atoms with van der Waals surface area (Å²) in [6.07, 6.45) is -7.46. The summed E-state index contributed by atoms with van der Waals surface area (Å²) in [6, 6.07) is 6.64. The van der Waals surface area contributed by atoms with Gasteiger partial charge in [-0.1, -0.05) is 12.1 Å². The molecule has 1 aliphatic rings. The highest BCUT2D eigenvalue weighted by Crippen LogP contribution is 2.35. The van der Waals surface area contributed by atoms with Gasteiger partial charge in [0, 0.05) is 18.9 Å². The van der Waals surface area contributed by atoms with Crippen molar-refractivity contribution in [1.29, 1.82) is 0 Å². The molecule has 1 fully saturated rings. The number of hydrogen-bond acceptors (Lipinski definition) is 3. The van der Waals surface area contributed by atoms with Gasteiger partial charge in [0.05, 0.1) is 13.2 Å². The second-order valence-corrected chi connectivity index (χ2v) is 5.45. The number of alkyl halides is 3. The maximum absolute atomic E-state index is 12.6. The number of hydrogen-bond donors (Lipinski definition) is 1. The first kappa shape index (κ1) is 16.6. The third kappa shape index (κ3) is 3.35. The molecule has 4 nitrogen and oxygen atoms in total. The second-order valence-electron chi connectivity index (χ2n) is 5.45. The molecular formula is C15H18F3NO3. The topological polar surface area (TPSA) is 49.8 Å². The summed E-state index contributed by atoms with van der Waals surface area (Å²) in [7, 11) is 1.53. The molecule has 3 atom stereocenters. The summed E-state index contributed by atoms with van der Waals surface area (Å²) in [5.41, 5.74) is 0.802. The predicted octanol–water partition coefficient (Wildman–Crippen LogP) is 2.53. The van der Waals surface area contributed by atoms with E-state index in [2.05, 4.69) is 0 Å². The molecule has 0 aliphatic carbocycles. The van der Waals surface area contributed by atoms with Gasteiger partial charge in [0.25, 0.3) is 0 Å². The Morgan fingerprint density at radius 3 is 2.41 bits per heavy atom. The first-order valence-corrected chi connectivity index (χ1v) is 6.92. The first-order valence-electron chi connectivity index (χ1n) is 6.92. The number of methoxy groups -OCH3 is 1. The minimum atomic E-state index is -4.70. The number of halogens is 3. The zero-order valence-electron chi connectivity index (χ0n) is 12.3. The van der Waals surface area contributed by atoms with Crippen molar-refractivity contribution in [2.75, 3.05) is 13.7 Å². The van der Waals surface area contributed by atoms with Gasteiger partial charge in [0.2, 0.25) is 5.91 Å². The molecule has 0 aromatic heterocycles. The Balaban J connectivity index is 2.10. The van der Waals surface area contributed by atoms with Crippen LogP contribution >= 0.6 is 0 Å². The van der Waals surface area contributed by atoms with Gasteiger partial charge in [-0.2, -0.15) is 13.2 Å². The molecule has 1 aromatic carbocycles. The Morgan fingerprint density at radius 2 is 1.91 bits per heavy atom. The molecule has 1 heterocycles. The van der Waals surface area contributed by atoms with Crippen molar-refractivity contribution >= 4 is 5.91 Å². The molecule has 0 unspecified atom stereocenters. The second kappa shape index (κ2) is 6.16. The number of aliphatic hydroxyl groups excluding tert-OH is 1. The Hall–Kier alpha value is -1.76. The van der Waals surface area contributed by atoms with Gasteiger partial charge in [-0.25, -0.2) is 0 Å². The Morgan fingerprint density at radius 1 is 1.32 bits per heavy atom. The van der Waals surface area contributed by atoms with Crippen LogP contribution < -0.4 is 4.74 Å². The number of carbonyl (C=O) groups excluding carboxylic acids is 1. The lowest BCUT2D eigenvalue weighted by Crippen LogP contribution is -2.37. The SMILES string of the molecule is COc1ccc([C@@H](C)N2C[C@H]([C@@H](O)C(F)(F)F)CC2=O)cc1. The quantitative estimate of drug-likeness (QED) is 0.928. The Kier molecular flexibility index (Phi) is 4.65. The number of aliphatic hydroxyl groups is 1. The molecule has 1 amide bonds. The summed E-state index contributed by atoms with van der Waals surface area (Å²) < 4.78 is 42.7. The fourth-order valence-electron chi connectivity index (χ4n) is 2.68. The lowest BCUT2D eigenvalue weighted by Gasteiger charge is -2.26. The van der Waals surface area contributed by atoms with E-state index >= 15 is 0 Å². The highest BCUT2D eigenvalue weighted by molar-refractivity contribution is 5.79. The smallest absolute Gasteiger partial charge is 0.414 e. The molecule has 0 bridgehead atoms. The molecule has 0 spiro atoms. The van der Waals surface area contributed by atoms with E-state index in [1.807, 2.05) is 0 Å². The molecule has 1 N–H and O–H groups in total. The number of nitrogens with zero attached hydrogens (tertiary/aromatic N) is 1. The summed E-state index contributed by atoms with van der Waals surface area (Å²) in [5, 5.41) is 9.32. The summed E-state index contributed by atoms with van der Waals surface area (Å²) >= 11 is 0. The van der Waals surface area contributed by atoms with E-state index in [-0.39, 0.29) is 24.9 Å². The number of rotatable bonds is 4. The van der Waals surface area contributed by atoms with E-state index in [9.17, 15) is 23.1 Å². The monoisotopic (exact) mass is 317 g/mol. The normalized spacial score (nSPS) is 21.8. The average molecular weight is 317 g/mol. The third-order valence-corrected chi connectivity index (χ3v) is 4.04. The maximum Gasteiger partial charge on any atom is 0.414 e. The van der Waals surface area contributed by atoms with Crippen LogP contribution in [0.25, 0.3) is 0 Å². The van der Waals surface area contributed by atoms with Crippen molar-refractivity contribution < 1.29 is 27.8 Å². The number of carbonyl (C=O) groups is 1. The van der Waals surface area contributed by atoms with Crippen molar-refractivity contribution in [3.05, 3.63) is 29.8 Å². The lowest BCUT2D eigenvalue weighted by atomic mass is 10.0. The van der Waals surface area contributed by atoms with E-state index in [1.165, 1.54) is 12.0 Å². The van der Waals surface area contributed by atoms with Gasteiger partial charge < -0.3 is 14.7 Å². The van der Waals surface area contributed by atoms with Crippen LogP contribution in [-0.2, 0) is 4.79 Å². The van der Waals surface area contributed by atoms with Gasteiger partial charge in [-0.05, 0) is 24.6 Å². The molecule has 2 rings (SSSR count). The molecule has 122 valence electrons. The van der Waals surface area contributed by atoms with E-state index in [1.54, 1.807) is 31.2 Å². The predicted molar refractivity (Wildman–Crippen MR) is 73.3 cm³/mol. The zero-order valence-corrected chi connectivity index (χ0v) is 12.3. The average Bonchev–Trinajstić information content (AvgIpc) is 2.86. The first-order chi connectivity index (χ1) is 10.2. The largest absolute Gasteiger partial charge is 0.497 e. The zero-order chi connectivity index (χ0) is 16.5. The van der Waals surface area contributed by atoms with E-state index in [4.69, 9.17) is 4.74 Å². The number of amides is 1. The minimum absolute atomic E-state index is 0.104. The van der Waals surface area contributed by atoms with Crippen LogP contribution in [0.5, 0.6) is 5.75 Å². The standard InChI is InChI=1S/C15H18F3NO3/c1-9(10-3-5-12(22-2)6-4-10)19-8-11(7-13(19)20)14(21)15(16,17)18/h3-6,9,11,14,21H,7-8H2,1-2H3/t9-,11-,14-/m1/s1. The summed E-state index contributed by atoms with van der Waals surface area (Å²) in [6.45, 7) is 1.65. The van der Waals surface area contributed by atoms with Crippen molar-refractivity contribution in [2.24, 2.45) is 5.92 Å². The van der Waals surface area contributed by atoms with Crippen LogP contribution in [0.15, 0.2) is 24.3 Å². The Bertz CT molecular complexity index is 530. The molecule has 0 radical (unpaired) electrons. The Labute approximate surface area is 126 Å². The number of ether oxygens (including phenoxy) is 1. The molecule has 1 aliphatic heterocycles. The lowest BCUT2D eigenvalue weighted by molar-refractivity contribution is -0.218. The van der Waals surface area contributed by atoms with Crippen molar-refractivity contribution in [2.45, 2.75) is 31.7 Å². The maximum atomic E-state index is 12.6.